The van der Waals surface area contributed by atoms with E-state index in [9.17, 15) is 0 Å². The van der Waals surface area contributed by atoms with Crippen molar-refractivity contribution in [3.05, 3.63) is 34.9 Å². The van der Waals surface area contributed by atoms with Gasteiger partial charge in [0.05, 0.1) is 0 Å². The van der Waals surface area contributed by atoms with Crippen LogP contribution in [0.4, 0.5) is 0 Å². The fourth-order valence-electron chi connectivity index (χ4n) is 1.73. The second kappa shape index (κ2) is 10.9. The van der Waals surface area contributed by atoms with Crippen LogP contribution in [-0.4, -0.2) is 6.54 Å². The van der Waals surface area contributed by atoms with Crippen LogP contribution < -0.4 is 5.32 Å². The van der Waals surface area contributed by atoms with E-state index in [0.717, 1.165) is 18.1 Å². The Kier molecular flexibility index (Phi) is 10.7. The van der Waals surface area contributed by atoms with Gasteiger partial charge in [-0.1, -0.05) is 56.3 Å². The van der Waals surface area contributed by atoms with Gasteiger partial charge in [-0.25, -0.2) is 0 Å². The second-order valence-electron chi connectivity index (χ2n) is 4.22. The summed E-state index contributed by atoms with van der Waals surface area (Å²) < 4.78 is 0. The van der Waals surface area contributed by atoms with E-state index in [1.165, 1.54) is 37.7 Å². The lowest BCUT2D eigenvalue weighted by molar-refractivity contribution is 0.583. The molecule has 1 aromatic rings. The summed E-state index contributed by atoms with van der Waals surface area (Å²) in [4.78, 5) is 0. The number of nitrogens with one attached hydrogen (secondary N) is 1. The van der Waals surface area contributed by atoms with Crippen LogP contribution in [0.5, 0.6) is 0 Å². The first-order valence-electron chi connectivity index (χ1n) is 6.28. The average Bonchev–Trinajstić information content (AvgIpc) is 2.28. The number of rotatable bonds is 8. The predicted octanol–water partition coefficient (Wildman–Crippen LogP) is 4.82. The molecule has 0 heterocycles. The van der Waals surface area contributed by atoms with E-state index >= 15 is 0 Å². The molecule has 3 heteroatoms. The minimum atomic E-state index is 0. The summed E-state index contributed by atoms with van der Waals surface area (Å²) >= 11 is 5.91. The van der Waals surface area contributed by atoms with Gasteiger partial charge in [0.25, 0.3) is 0 Å². The molecule has 0 fully saturated rings. The van der Waals surface area contributed by atoms with E-state index in [1.807, 2.05) is 18.2 Å². The number of halogens is 2. The van der Waals surface area contributed by atoms with Crippen molar-refractivity contribution in [2.75, 3.05) is 6.54 Å². The van der Waals surface area contributed by atoms with Gasteiger partial charge in [-0.2, -0.15) is 0 Å². The fraction of sp³-hybridized carbons (Fsp3) is 0.571. The third-order valence-corrected chi connectivity index (χ3v) is 2.91. The topological polar surface area (TPSA) is 12.0 Å². The first kappa shape index (κ1) is 16.8. The molecule has 1 nitrogen and oxygen atoms in total. The Morgan fingerprint density at radius 1 is 1.12 bits per heavy atom. The average molecular weight is 276 g/mol. The zero-order chi connectivity index (χ0) is 11.6. The Bertz CT molecular complexity index is 289. The fourth-order valence-corrected chi connectivity index (χ4v) is 1.95. The van der Waals surface area contributed by atoms with Crippen LogP contribution >= 0.6 is 24.0 Å². The predicted molar refractivity (Wildman–Crippen MR) is 79.2 cm³/mol. The van der Waals surface area contributed by atoms with Crippen molar-refractivity contribution in [1.29, 1.82) is 0 Å². The van der Waals surface area contributed by atoms with Crippen molar-refractivity contribution in [1.82, 2.24) is 5.32 Å². The van der Waals surface area contributed by atoms with Gasteiger partial charge in [-0.15, -0.1) is 12.4 Å². The molecule has 0 amide bonds. The maximum Gasteiger partial charge on any atom is 0.0409 e. The third-order valence-electron chi connectivity index (χ3n) is 2.68. The quantitative estimate of drug-likeness (QED) is 0.671. The van der Waals surface area contributed by atoms with Gasteiger partial charge in [0.15, 0.2) is 0 Å². The lowest BCUT2D eigenvalue weighted by Gasteiger charge is -2.05. The van der Waals surface area contributed by atoms with Crippen molar-refractivity contribution in [2.45, 2.75) is 45.6 Å². The first-order chi connectivity index (χ1) is 7.83. The Labute approximate surface area is 116 Å². The molecule has 0 aliphatic rings. The second-order valence-corrected chi connectivity index (χ2v) is 4.66. The molecule has 0 radical (unpaired) electrons. The SMILES string of the molecule is CCCCCCCNCc1cccc(Cl)c1.Cl. The molecule has 1 rings (SSSR count). The van der Waals surface area contributed by atoms with E-state index in [2.05, 4.69) is 18.3 Å². The molecule has 0 aliphatic carbocycles. The standard InChI is InChI=1S/C14H22ClN.ClH/c1-2-3-4-5-6-10-16-12-13-8-7-9-14(15)11-13;/h7-9,11,16H,2-6,10,12H2,1H3;1H. The zero-order valence-corrected chi connectivity index (χ0v) is 12.1. The van der Waals surface area contributed by atoms with Gasteiger partial charge in [-0.05, 0) is 30.7 Å². The Balaban J connectivity index is 0.00000256. The summed E-state index contributed by atoms with van der Waals surface area (Å²) in [6, 6.07) is 8.04. The van der Waals surface area contributed by atoms with E-state index in [-0.39, 0.29) is 12.4 Å². The molecule has 0 unspecified atom stereocenters. The van der Waals surface area contributed by atoms with Gasteiger partial charge in [0.1, 0.15) is 0 Å². The summed E-state index contributed by atoms with van der Waals surface area (Å²) in [5.41, 5.74) is 1.26. The molecule has 0 saturated carbocycles. The summed E-state index contributed by atoms with van der Waals surface area (Å²) in [5.74, 6) is 0. The van der Waals surface area contributed by atoms with Crippen LogP contribution in [0, 0.1) is 0 Å². The molecular formula is C14H23Cl2N. The maximum absolute atomic E-state index is 5.91. The molecular weight excluding hydrogens is 253 g/mol. The van der Waals surface area contributed by atoms with Gasteiger partial charge >= 0.3 is 0 Å². The summed E-state index contributed by atoms with van der Waals surface area (Å²) in [6.45, 7) is 4.28. The molecule has 0 aromatic heterocycles. The van der Waals surface area contributed by atoms with Crippen molar-refractivity contribution >= 4 is 24.0 Å². The van der Waals surface area contributed by atoms with E-state index < -0.39 is 0 Å². The molecule has 0 spiro atoms. The first-order valence-corrected chi connectivity index (χ1v) is 6.66. The molecule has 1 aromatic carbocycles. The van der Waals surface area contributed by atoms with Crippen molar-refractivity contribution in [2.24, 2.45) is 0 Å². The minimum absolute atomic E-state index is 0. The van der Waals surface area contributed by atoms with Gasteiger partial charge < -0.3 is 5.32 Å². The monoisotopic (exact) mass is 275 g/mol. The molecule has 17 heavy (non-hydrogen) atoms. The number of unbranched alkanes of at least 4 members (excludes halogenated alkanes) is 4. The van der Waals surface area contributed by atoms with Crippen molar-refractivity contribution in [3.63, 3.8) is 0 Å². The number of hydrogen-bond acceptors (Lipinski definition) is 1. The third kappa shape index (κ3) is 8.48. The lowest BCUT2D eigenvalue weighted by Crippen LogP contribution is -2.14. The number of hydrogen-bond donors (Lipinski definition) is 1. The summed E-state index contributed by atoms with van der Waals surface area (Å²) in [5, 5.41) is 4.27. The van der Waals surface area contributed by atoms with Gasteiger partial charge in [0, 0.05) is 11.6 Å². The van der Waals surface area contributed by atoms with E-state index in [1.54, 1.807) is 0 Å². The molecule has 0 bridgehead atoms. The highest BCUT2D eigenvalue weighted by Gasteiger charge is 1.94. The van der Waals surface area contributed by atoms with E-state index in [0.29, 0.717) is 0 Å². The minimum Gasteiger partial charge on any atom is -0.313 e. The maximum atomic E-state index is 5.91. The largest absolute Gasteiger partial charge is 0.313 e. The highest BCUT2D eigenvalue weighted by Crippen LogP contribution is 2.10. The molecule has 0 atom stereocenters. The Morgan fingerprint density at radius 3 is 2.59 bits per heavy atom. The molecule has 1 N–H and O–H groups in total. The summed E-state index contributed by atoms with van der Waals surface area (Å²) in [6.07, 6.45) is 6.68. The smallest absolute Gasteiger partial charge is 0.0409 e. The van der Waals surface area contributed by atoms with Crippen LogP contribution in [0.1, 0.15) is 44.6 Å². The Morgan fingerprint density at radius 2 is 1.88 bits per heavy atom. The highest BCUT2D eigenvalue weighted by atomic mass is 35.5. The highest BCUT2D eigenvalue weighted by molar-refractivity contribution is 6.30. The van der Waals surface area contributed by atoms with Crippen LogP contribution in [0.25, 0.3) is 0 Å². The van der Waals surface area contributed by atoms with Gasteiger partial charge in [0.2, 0.25) is 0 Å². The van der Waals surface area contributed by atoms with Crippen LogP contribution in [0.15, 0.2) is 24.3 Å². The summed E-state index contributed by atoms with van der Waals surface area (Å²) in [7, 11) is 0. The van der Waals surface area contributed by atoms with E-state index in [4.69, 9.17) is 11.6 Å². The van der Waals surface area contributed by atoms with Crippen molar-refractivity contribution in [3.8, 4) is 0 Å². The molecule has 98 valence electrons. The molecule has 0 saturated heterocycles. The molecule has 0 aliphatic heterocycles. The van der Waals surface area contributed by atoms with Crippen LogP contribution in [-0.2, 0) is 6.54 Å². The Hall–Kier alpha value is -0.240. The van der Waals surface area contributed by atoms with Crippen LogP contribution in [0.3, 0.4) is 0 Å². The van der Waals surface area contributed by atoms with Crippen molar-refractivity contribution < 1.29 is 0 Å². The lowest BCUT2D eigenvalue weighted by atomic mass is 10.1. The zero-order valence-electron chi connectivity index (χ0n) is 10.5. The van der Waals surface area contributed by atoms with Crippen LogP contribution in [0.2, 0.25) is 5.02 Å². The number of benzene rings is 1. The normalized spacial score (nSPS) is 10.0. The van der Waals surface area contributed by atoms with Gasteiger partial charge in [-0.3, -0.25) is 0 Å².